The smallest absolute Gasteiger partial charge is 0.173 e. The van der Waals surface area contributed by atoms with E-state index in [9.17, 15) is 8.42 Å². The molecule has 0 saturated heterocycles. The van der Waals surface area contributed by atoms with Crippen LogP contribution in [0.4, 0.5) is 0 Å². The Morgan fingerprint density at radius 2 is 2.24 bits per heavy atom. The van der Waals surface area contributed by atoms with E-state index in [1.807, 2.05) is 18.4 Å². The van der Waals surface area contributed by atoms with Gasteiger partial charge in [-0.3, -0.25) is 0 Å². The van der Waals surface area contributed by atoms with Crippen molar-refractivity contribution in [3.05, 3.63) is 35.1 Å². The number of furan rings is 1. The zero-order chi connectivity index (χ0) is 12.3. The maximum atomic E-state index is 11.2. The molecular formula is C11H15NO3S2. The van der Waals surface area contributed by atoms with Crippen LogP contribution in [0.5, 0.6) is 0 Å². The van der Waals surface area contributed by atoms with E-state index in [1.54, 1.807) is 17.8 Å². The fourth-order valence-electron chi connectivity index (χ4n) is 1.67. The number of rotatable bonds is 5. The Balaban J connectivity index is 1.84. The molecule has 1 aromatic rings. The Morgan fingerprint density at radius 3 is 2.88 bits per heavy atom. The van der Waals surface area contributed by atoms with Gasteiger partial charge >= 0.3 is 0 Å². The summed E-state index contributed by atoms with van der Waals surface area (Å²) in [4.78, 5) is 0. The van der Waals surface area contributed by atoms with Gasteiger partial charge in [-0.1, -0.05) is 6.08 Å². The second-order valence-electron chi connectivity index (χ2n) is 3.95. The highest BCUT2D eigenvalue weighted by molar-refractivity contribution is 7.97. The van der Waals surface area contributed by atoms with Crippen LogP contribution < -0.4 is 5.32 Å². The first-order valence-electron chi connectivity index (χ1n) is 5.30. The van der Waals surface area contributed by atoms with E-state index in [2.05, 4.69) is 5.32 Å². The minimum Gasteiger partial charge on any atom is -0.464 e. The van der Waals surface area contributed by atoms with Crippen LogP contribution >= 0.6 is 11.8 Å². The predicted molar refractivity (Wildman–Crippen MR) is 69.5 cm³/mol. The van der Waals surface area contributed by atoms with Crippen LogP contribution in [0, 0.1) is 0 Å². The Kier molecular flexibility index (Phi) is 3.96. The van der Waals surface area contributed by atoms with Crippen molar-refractivity contribution in [1.82, 2.24) is 5.32 Å². The molecular weight excluding hydrogens is 258 g/mol. The van der Waals surface area contributed by atoms with Gasteiger partial charge in [-0.15, -0.1) is 0 Å². The summed E-state index contributed by atoms with van der Waals surface area (Å²) in [5.41, 5.74) is 0. The predicted octanol–water partition coefficient (Wildman–Crippen LogP) is 1.54. The van der Waals surface area contributed by atoms with Crippen LogP contribution in [0.25, 0.3) is 0 Å². The molecule has 4 nitrogen and oxygen atoms in total. The van der Waals surface area contributed by atoms with Gasteiger partial charge in [0, 0.05) is 11.4 Å². The SMILES string of the molecule is CSCc1ccc(CNC2C=CS(=O)(=O)C2)o1. The monoisotopic (exact) mass is 273 g/mol. The summed E-state index contributed by atoms with van der Waals surface area (Å²) in [7, 11) is -2.98. The molecule has 0 aromatic carbocycles. The maximum absolute atomic E-state index is 11.2. The Morgan fingerprint density at radius 1 is 1.47 bits per heavy atom. The highest BCUT2D eigenvalue weighted by atomic mass is 32.2. The average Bonchev–Trinajstić information content (AvgIpc) is 2.83. The molecule has 6 heteroatoms. The lowest BCUT2D eigenvalue weighted by Crippen LogP contribution is -2.29. The van der Waals surface area contributed by atoms with Gasteiger partial charge in [-0.05, 0) is 18.4 Å². The summed E-state index contributed by atoms with van der Waals surface area (Å²) in [6, 6.07) is 3.77. The molecule has 1 aliphatic heterocycles. The molecule has 2 rings (SSSR count). The highest BCUT2D eigenvalue weighted by Gasteiger charge is 2.21. The van der Waals surface area contributed by atoms with Gasteiger partial charge < -0.3 is 9.73 Å². The van der Waals surface area contributed by atoms with Crippen LogP contribution in [0.15, 0.2) is 28.0 Å². The van der Waals surface area contributed by atoms with E-state index in [1.165, 1.54) is 5.41 Å². The first-order valence-corrected chi connectivity index (χ1v) is 8.41. The third-order valence-corrected chi connectivity index (χ3v) is 4.44. The molecule has 0 saturated carbocycles. The normalized spacial score (nSPS) is 22.1. The Bertz CT molecular complexity index is 505. The molecule has 0 radical (unpaired) electrons. The fraction of sp³-hybridized carbons (Fsp3) is 0.455. The third kappa shape index (κ3) is 3.62. The molecule has 1 N–H and O–H groups in total. The second-order valence-corrected chi connectivity index (χ2v) is 6.74. The summed E-state index contributed by atoms with van der Waals surface area (Å²) >= 11 is 1.71. The fourth-order valence-corrected chi connectivity index (χ4v) is 3.38. The lowest BCUT2D eigenvalue weighted by atomic mass is 10.3. The summed E-state index contributed by atoms with van der Waals surface area (Å²) in [5, 5.41) is 4.41. The van der Waals surface area contributed by atoms with Gasteiger partial charge in [0.25, 0.3) is 0 Å². The molecule has 0 aliphatic carbocycles. The topological polar surface area (TPSA) is 59.3 Å². The molecule has 1 aromatic heterocycles. The van der Waals surface area contributed by atoms with Gasteiger partial charge in [0.15, 0.2) is 9.84 Å². The molecule has 0 bridgehead atoms. The number of nitrogens with one attached hydrogen (secondary N) is 1. The summed E-state index contributed by atoms with van der Waals surface area (Å²) < 4.78 is 28.0. The van der Waals surface area contributed by atoms with Crippen molar-refractivity contribution < 1.29 is 12.8 Å². The molecule has 2 heterocycles. The molecule has 0 fully saturated rings. The lowest BCUT2D eigenvalue weighted by Gasteiger charge is -2.07. The van der Waals surface area contributed by atoms with Gasteiger partial charge in [0.2, 0.25) is 0 Å². The zero-order valence-electron chi connectivity index (χ0n) is 9.55. The third-order valence-electron chi connectivity index (χ3n) is 2.47. The van der Waals surface area contributed by atoms with E-state index in [4.69, 9.17) is 4.42 Å². The minimum absolute atomic E-state index is 0.103. The average molecular weight is 273 g/mol. The summed E-state index contributed by atoms with van der Waals surface area (Å²) in [6.45, 7) is 0.554. The quantitative estimate of drug-likeness (QED) is 0.882. The number of sulfone groups is 1. The minimum atomic E-state index is -2.98. The van der Waals surface area contributed by atoms with Crippen molar-refractivity contribution in [1.29, 1.82) is 0 Å². The van der Waals surface area contributed by atoms with Crippen LogP contribution in [-0.4, -0.2) is 26.5 Å². The van der Waals surface area contributed by atoms with Crippen LogP contribution in [0.2, 0.25) is 0 Å². The molecule has 1 atom stereocenters. The number of hydrogen-bond donors (Lipinski definition) is 1. The van der Waals surface area contributed by atoms with Gasteiger partial charge in [-0.2, -0.15) is 11.8 Å². The number of hydrogen-bond acceptors (Lipinski definition) is 5. The molecule has 0 amide bonds. The Labute approximate surface area is 105 Å². The van der Waals surface area contributed by atoms with Crippen molar-refractivity contribution in [2.75, 3.05) is 12.0 Å². The van der Waals surface area contributed by atoms with Crippen LogP contribution in [-0.2, 0) is 22.1 Å². The molecule has 0 spiro atoms. The first-order chi connectivity index (χ1) is 8.09. The van der Waals surface area contributed by atoms with E-state index in [0.717, 1.165) is 17.3 Å². The standard InChI is InChI=1S/C11H15NO3S2/c1-16-7-11-3-2-10(15-11)6-12-9-4-5-17(13,14)8-9/h2-5,9,12H,6-8H2,1H3. The summed E-state index contributed by atoms with van der Waals surface area (Å²) in [6.07, 6.45) is 3.70. The second kappa shape index (κ2) is 5.29. The van der Waals surface area contributed by atoms with Crippen molar-refractivity contribution in [3.8, 4) is 0 Å². The largest absolute Gasteiger partial charge is 0.464 e. The van der Waals surface area contributed by atoms with E-state index < -0.39 is 9.84 Å². The molecule has 1 aliphatic rings. The van der Waals surface area contributed by atoms with Crippen molar-refractivity contribution in [2.45, 2.75) is 18.3 Å². The van der Waals surface area contributed by atoms with Crippen molar-refractivity contribution in [3.63, 3.8) is 0 Å². The van der Waals surface area contributed by atoms with E-state index in [0.29, 0.717) is 6.54 Å². The van der Waals surface area contributed by atoms with E-state index in [-0.39, 0.29) is 11.8 Å². The lowest BCUT2D eigenvalue weighted by molar-refractivity contribution is 0.453. The molecule has 1 unspecified atom stereocenters. The first kappa shape index (κ1) is 12.7. The highest BCUT2D eigenvalue weighted by Crippen LogP contribution is 2.14. The van der Waals surface area contributed by atoms with Crippen molar-refractivity contribution >= 4 is 21.6 Å². The van der Waals surface area contributed by atoms with Crippen molar-refractivity contribution in [2.24, 2.45) is 0 Å². The van der Waals surface area contributed by atoms with Gasteiger partial charge in [-0.25, -0.2) is 8.42 Å². The summed E-state index contributed by atoms with van der Waals surface area (Å²) in [5.74, 6) is 2.79. The Hall–Kier alpha value is -0.720. The van der Waals surface area contributed by atoms with E-state index >= 15 is 0 Å². The van der Waals surface area contributed by atoms with Crippen LogP contribution in [0.1, 0.15) is 11.5 Å². The molecule has 94 valence electrons. The zero-order valence-corrected chi connectivity index (χ0v) is 11.2. The van der Waals surface area contributed by atoms with Gasteiger partial charge in [0.05, 0.1) is 18.1 Å². The number of thioether (sulfide) groups is 1. The van der Waals surface area contributed by atoms with Crippen LogP contribution in [0.3, 0.4) is 0 Å². The maximum Gasteiger partial charge on any atom is 0.173 e. The van der Waals surface area contributed by atoms with Gasteiger partial charge in [0.1, 0.15) is 11.5 Å². The molecule has 17 heavy (non-hydrogen) atoms.